The third-order valence-corrected chi connectivity index (χ3v) is 7.09. The van der Waals surface area contributed by atoms with Crippen molar-refractivity contribution >= 4 is 22.5 Å². The molecule has 5 aromatic rings. The maximum Gasteiger partial charge on any atom is 0.416 e. The molecule has 0 aliphatic carbocycles. The maximum atomic E-state index is 13.7. The van der Waals surface area contributed by atoms with Gasteiger partial charge in [0.05, 0.1) is 41.6 Å². The molecule has 8 nitrogen and oxygen atoms in total. The van der Waals surface area contributed by atoms with Crippen molar-refractivity contribution in [3.8, 4) is 16.8 Å². The number of hydrogen-bond acceptors (Lipinski definition) is 4. The van der Waals surface area contributed by atoms with Crippen molar-refractivity contribution in [3.05, 3.63) is 89.1 Å². The molecule has 11 heteroatoms. The average Bonchev–Trinajstić information content (AvgIpc) is 3.48. The fourth-order valence-electron chi connectivity index (χ4n) is 5.12. The largest absolute Gasteiger partial charge is 0.416 e. The number of rotatable bonds is 4. The SMILES string of the molecule is Cc1cccc2c1n(-c1ccc(-c3cnn4ccccc34)cc1)c(=O)n2CC(=O)N1CCOC(C(F)(F)F)C1. The zero-order valence-electron chi connectivity index (χ0n) is 20.9. The molecular formula is C28H24F3N5O3. The highest BCUT2D eigenvalue weighted by Gasteiger charge is 2.44. The van der Waals surface area contributed by atoms with Crippen molar-refractivity contribution in [1.29, 1.82) is 0 Å². The lowest BCUT2D eigenvalue weighted by Gasteiger charge is -2.33. The Balaban J connectivity index is 1.36. The fourth-order valence-corrected chi connectivity index (χ4v) is 5.12. The number of hydrogen-bond donors (Lipinski definition) is 0. The van der Waals surface area contributed by atoms with Gasteiger partial charge in [-0.2, -0.15) is 18.3 Å². The van der Waals surface area contributed by atoms with Crippen LogP contribution in [0.25, 0.3) is 33.4 Å². The Morgan fingerprint density at radius 2 is 1.82 bits per heavy atom. The molecule has 0 radical (unpaired) electrons. The van der Waals surface area contributed by atoms with Gasteiger partial charge in [0.25, 0.3) is 0 Å². The Morgan fingerprint density at radius 1 is 1.05 bits per heavy atom. The molecular weight excluding hydrogens is 511 g/mol. The van der Waals surface area contributed by atoms with Crippen LogP contribution in [-0.4, -0.2) is 61.5 Å². The van der Waals surface area contributed by atoms with Crippen LogP contribution >= 0.6 is 0 Å². The van der Waals surface area contributed by atoms with Gasteiger partial charge in [0.15, 0.2) is 6.10 Å². The summed E-state index contributed by atoms with van der Waals surface area (Å²) in [6.45, 7) is 0.706. The fraction of sp³-hybridized carbons (Fsp3) is 0.250. The van der Waals surface area contributed by atoms with E-state index in [2.05, 4.69) is 5.10 Å². The molecule has 1 unspecified atom stereocenters. The number of alkyl halides is 3. The molecule has 0 bridgehead atoms. The van der Waals surface area contributed by atoms with Gasteiger partial charge in [0.1, 0.15) is 6.54 Å². The van der Waals surface area contributed by atoms with Gasteiger partial charge in [-0.15, -0.1) is 0 Å². The Labute approximate surface area is 220 Å². The van der Waals surface area contributed by atoms with Gasteiger partial charge >= 0.3 is 11.9 Å². The zero-order valence-corrected chi connectivity index (χ0v) is 20.9. The molecule has 1 aliphatic heterocycles. The molecule has 1 saturated heterocycles. The van der Waals surface area contributed by atoms with E-state index in [-0.39, 0.29) is 19.7 Å². The van der Waals surface area contributed by atoms with Gasteiger partial charge < -0.3 is 9.64 Å². The maximum absolute atomic E-state index is 13.7. The van der Waals surface area contributed by atoms with Crippen LogP contribution in [0.15, 0.2) is 77.9 Å². The summed E-state index contributed by atoms with van der Waals surface area (Å²) in [5, 5.41) is 4.38. The van der Waals surface area contributed by atoms with Crippen molar-refractivity contribution in [2.24, 2.45) is 0 Å². The minimum atomic E-state index is -4.57. The van der Waals surface area contributed by atoms with Crippen LogP contribution in [0.4, 0.5) is 13.2 Å². The summed E-state index contributed by atoms with van der Waals surface area (Å²) < 4.78 is 49.0. The molecule has 2 aromatic carbocycles. The van der Waals surface area contributed by atoms with Crippen LogP contribution in [-0.2, 0) is 16.1 Å². The standard InChI is InChI=1S/C28H24F3N5O3/c1-18-5-4-7-23-26(18)36(20-10-8-19(9-11-20)21-15-32-35-12-3-2-6-22(21)35)27(38)34(23)17-25(37)33-13-14-39-24(16-33)28(29,30)31/h2-12,15,24H,13-14,16-17H2,1H3. The molecule has 4 heterocycles. The molecule has 39 heavy (non-hydrogen) atoms. The second kappa shape index (κ2) is 9.42. The number of carbonyl (C=O) groups is 1. The molecule has 200 valence electrons. The molecule has 1 atom stereocenters. The molecule has 0 saturated carbocycles. The number of para-hydroxylation sites is 1. The van der Waals surface area contributed by atoms with E-state index in [0.29, 0.717) is 16.7 Å². The second-order valence-electron chi connectivity index (χ2n) is 9.52. The van der Waals surface area contributed by atoms with Gasteiger partial charge in [0.2, 0.25) is 5.91 Å². The number of aryl methyl sites for hydroxylation is 1. The number of ether oxygens (including phenoxy) is 1. The minimum Gasteiger partial charge on any atom is -0.365 e. The summed E-state index contributed by atoms with van der Waals surface area (Å²) in [5.74, 6) is -0.571. The average molecular weight is 536 g/mol. The second-order valence-corrected chi connectivity index (χ2v) is 9.52. The lowest BCUT2D eigenvalue weighted by Crippen LogP contribution is -2.52. The van der Waals surface area contributed by atoms with Crippen molar-refractivity contribution in [2.45, 2.75) is 25.7 Å². The number of aromatic nitrogens is 4. The van der Waals surface area contributed by atoms with Crippen LogP contribution in [0.2, 0.25) is 0 Å². The number of halogens is 3. The first-order chi connectivity index (χ1) is 18.7. The molecule has 1 fully saturated rings. The van der Waals surface area contributed by atoms with E-state index in [1.165, 1.54) is 9.13 Å². The molecule has 1 aliphatic rings. The van der Waals surface area contributed by atoms with Crippen LogP contribution < -0.4 is 5.69 Å². The molecule has 0 N–H and O–H groups in total. The highest BCUT2D eigenvalue weighted by Crippen LogP contribution is 2.28. The summed E-state index contributed by atoms with van der Waals surface area (Å²) in [7, 11) is 0. The van der Waals surface area contributed by atoms with Crippen LogP contribution in [0.1, 0.15) is 5.56 Å². The summed E-state index contributed by atoms with van der Waals surface area (Å²) in [5.41, 5.74) is 4.97. The van der Waals surface area contributed by atoms with E-state index in [1.807, 2.05) is 61.7 Å². The number of nitrogens with zero attached hydrogens (tertiary/aromatic N) is 5. The topological polar surface area (TPSA) is 73.8 Å². The van der Waals surface area contributed by atoms with E-state index >= 15 is 0 Å². The predicted octanol–water partition coefficient (Wildman–Crippen LogP) is 4.21. The number of imidazole rings is 1. The highest BCUT2D eigenvalue weighted by atomic mass is 19.4. The third kappa shape index (κ3) is 4.38. The first kappa shape index (κ1) is 24.9. The molecule has 1 amide bonds. The van der Waals surface area contributed by atoms with Crippen LogP contribution in [0.3, 0.4) is 0 Å². The van der Waals surface area contributed by atoms with E-state index in [0.717, 1.165) is 27.1 Å². The Hall–Kier alpha value is -4.38. The third-order valence-electron chi connectivity index (χ3n) is 7.09. The monoisotopic (exact) mass is 535 g/mol. The smallest absolute Gasteiger partial charge is 0.365 e. The summed E-state index contributed by atoms with van der Waals surface area (Å²) >= 11 is 0. The van der Waals surface area contributed by atoms with Gasteiger partial charge in [-0.3, -0.25) is 13.9 Å². The van der Waals surface area contributed by atoms with Crippen molar-refractivity contribution in [2.75, 3.05) is 19.7 Å². The van der Waals surface area contributed by atoms with Gasteiger partial charge in [0, 0.05) is 18.3 Å². The Kier molecular flexibility index (Phi) is 6.02. The summed E-state index contributed by atoms with van der Waals surface area (Å²) in [6.07, 6.45) is -2.96. The lowest BCUT2D eigenvalue weighted by atomic mass is 10.1. The number of carbonyl (C=O) groups excluding carboxylic acids is 1. The number of benzene rings is 2. The highest BCUT2D eigenvalue weighted by molar-refractivity contribution is 5.85. The lowest BCUT2D eigenvalue weighted by molar-refractivity contribution is -0.236. The quantitative estimate of drug-likeness (QED) is 0.346. The first-order valence-electron chi connectivity index (χ1n) is 12.4. The molecule has 3 aromatic heterocycles. The number of morpholine rings is 1. The zero-order chi connectivity index (χ0) is 27.3. The van der Waals surface area contributed by atoms with E-state index < -0.39 is 30.4 Å². The summed E-state index contributed by atoms with van der Waals surface area (Å²) in [6, 6.07) is 18.7. The van der Waals surface area contributed by atoms with Crippen molar-refractivity contribution in [3.63, 3.8) is 0 Å². The van der Waals surface area contributed by atoms with Gasteiger partial charge in [-0.05, 0) is 48.4 Å². The van der Waals surface area contributed by atoms with Crippen LogP contribution in [0.5, 0.6) is 0 Å². The van der Waals surface area contributed by atoms with Gasteiger partial charge in [-0.25, -0.2) is 9.31 Å². The van der Waals surface area contributed by atoms with Crippen molar-refractivity contribution in [1.82, 2.24) is 23.6 Å². The van der Waals surface area contributed by atoms with Gasteiger partial charge in [-0.1, -0.05) is 30.3 Å². The number of pyridine rings is 1. The Bertz CT molecular complexity index is 1750. The number of fused-ring (bicyclic) bond motifs is 2. The van der Waals surface area contributed by atoms with E-state index in [1.54, 1.807) is 22.8 Å². The normalized spacial score (nSPS) is 16.3. The summed E-state index contributed by atoms with van der Waals surface area (Å²) in [4.78, 5) is 27.9. The number of amides is 1. The Morgan fingerprint density at radius 3 is 2.59 bits per heavy atom. The van der Waals surface area contributed by atoms with E-state index in [9.17, 15) is 22.8 Å². The predicted molar refractivity (Wildman–Crippen MR) is 139 cm³/mol. The van der Waals surface area contributed by atoms with Crippen LogP contribution in [0, 0.1) is 6.92 Å². The van der Waals surface area contributed by atoms with E-state index in [4.69, 9.17) is 4.74 Å². The molecule has 0 spiro atoms. The first-order valence-corrected chi connectivity index (χ1v) is 12.4. The molecule has 6 rings (SSSR count). The van der Waals surface area contributed by atoms with Crippen molar-refractivity contribution < 1.29 is 22.7 Å². The minimum absolute atomic E-state index is 0.0306.